The molecule has 0 aromatic rings. The van der Waals surface area contributed by atoms with E-state index in [2.05, 4.69) is 17.3 Å². The molecule has 1 N–H and O–H groups in total. The van der Waals surface area contributed by atoms with Gasteiger partial charge in [0.15, 0.2) is 0 Å². The van der Waals surface area contributed by atoms with Gasteiger partial charge in [0.05, 0.1) is 0 Å². The van der Waals surface area contributed by atoms with Gasteiger partial charge in [0.2, 0.25) is 0 Å². The van der Waals surface area contributed by atoms with Crippen LogP contribution in [-0.2, 0) is 0 Å². The first-order valence-corrected chi connectivity index (χ1v) is 7.79. The molecule has 2 nitrogen and oxygen atoms in total. The molecule has 2 heterocycles. The zero-order chi connectivity index (χ0) is 13.4. The van der Waals surface area contributed by atoms with Gasteiger partial charge in [0, 0.05) is 0 Å². The number of nitrogens with one attached hydrogen (secondary N) is 1. The predicted octanol–water partition coefficient (Wildman–Crippen LogP) is 3.91. The van der Waals surface area contributed by atoms with Crippen LogP contribution < -0.4 is 5.32 Å². The molecule has 0 spiro atoms. The highest BCUT2D eigenvalue weighted by Gasteiger charge is 2.02. The zero-order valence-electron chi connectivity index (χ0n) is 13.0. The number of nitrogens with zero attached hydrogens (tertiary/aromatic N) is 1. The van der Waals surface area contributed by atoms with Gasteiger partial charge in [-0.15, -0.1) is 0 Å². The molecule has 0 aromatic carbocycles. The zero-order valence-corrected chi connectivity index (χ0v) is 13.0. The van der Waals surface area contributed by atoms with Crippen LogP contribution in [0.4, 0.5) is 0 Å². The number of likely N-dealkylation sites (tertiary alicyclic amines) is 1. The number of piperidine rings is 2. The van der Waals surface area contributed by atoms with Crippen molar-refractivity contribution in [3.05, 3.63) is 0 Å². The maximum atomic E-state index is 3.28. The van der Waals surface area contributed by atoms with Gasteiger partial charge in [-0.1, -0.05) is 40.5 Å². The molecule has 0 aliphatic carbocycles. The third kappa shape index (κ3) is 15.9. The van der Waals surface area contributed by atoms with Crippen LogP contribution in [-0.4, -0.2) is 38.1 Å². The SMILES string of the molecule is C1CCNCC1.CC.CC.CN1CCCCC1. The van der Waals surface area contributed by atoms with Crippen molar-refractivity contribution in [2.24, 2.45) is 0 Å². The molecule has 106 valence electrons. The molecule has 2 fully saturated rings. The van der Waals surface area contributed by atoms with Crippen LogP contribution in [0.2, 0.25) is 0 Å². The average molecular weight is 244 g/mol. The van der Waals surface area contributed by atoms with Crippen molar-refractivity contribution in [1.82, 2.24) is 10.2 Å². The van der Waals surface area contributed by atoms with Gasteiger partial charge >= 0.3 is 0 Å². The summed E-state index contributed by atoms with van der Waals surface area (Å²) < 4.78 is 0. The summed E-state index contributed by atoms with van der Waals surface area (Å²) in [4.78, 5) is 2.39. The monoisotopic (exact) mass is 244 g/mol. The van der Waals surface area contributed by atoms with Gasteiger partial charge in [-0.25, -0.2) is 0 Å². The molecule has 0 saturated carbocycles. The first-order valence-electron chi connectivity index (χ1n) is 7.79. The van der Waals surface area contributed by atoms with Crippen LogP contribution in [0.25, 0.3) is 0 Å². The Morgan fingerprint density at radius 2 is 1.06 bits per heavy atom. The summed E-state index contributed by atoms with van der Waals surface area (Å²) in [5.74, 6) is 0. The molecular weight excluding hydrogens is 208 g/mol. The fourth-order valence-corrected chi connectivity index (χ4v) is 1.85. The molecular formula is C15H36N2. The van der Waals surface area contributed by atoms with Crippen LogP contribution in [0.5, 0.6) is 0 Å². The Kier molecular flexibility index (Phi) is 20.7. The molecule has 0 unspecified atom stereocenters. The second kappa shape index (κ2) is 18.3. The van der Waals surface area contributed by atoms with E-state index in [1.54, 1.807) is 0 Å². The van der Waals surface area contributed by atoms with Crippen molar-refractivity contribution in [3.63, 3.8) is 0 Å². The van der Waals surface area contributed by atoms with E-state index in [1.807, 2.05) is 27.7 Å². The van der Waals surface area contributed by atoms with Crippen molar-refractivity contribution < 1.29 is 0 Å². The summed E-state index contributed by atoms with van der Waals surface area (Å²) in [7, 11) is 2.19. The van der Waals surface area contributed by atoms with E-state index in [4.69, 9.17) is 0 Å². The summed E-state index contributed by atoms with van der Waals surface area (Å²) in [6.45, 7) is 13.1. The first kappa shape index (κ1) is 19.3. The standard InChI is InChI=1S/C6H13N.C5H11N.2C2H6/c1-7-5-3-2-4-6-7;1-2-4-6-5-3-1;2*1-2/h2-6H2,1H3;6H,1-5H2;2*1-2H3. The second-order valence-electron chi connectivity index (χ2n) is 4.17. The maximum absolute atomic E-state index is 3.28. The lowest BCUT2D eigenvalue weighted by Crippen LogP contribution is -2.24. The lowest BCUT2D eigenvalue weighted by Gasteiger charge is -2.20. The first-order chi connectivity index (χ1) is 8.39. The highest BCUT2D eigenvalue weighted by atomic mass is 15.1. The van der Waals surface area contributed by atoms with Crippen LogP contribution in [0.15, 0.2) is 0 Å². The molecule has 2 rings (SSSR count). The summed E-state index contributed by atoms with van der Waals surface area (Å²) in [6.07, 6.45) is 8.49. The van der Waals surface area contributed by atoms with Gasteiger partial charge in [0.25, 0.3) is 0 Å². The Hall–Kier alpha value is -0.0800. The fraction of sp³-hybridized carbons (Fsp3) is 1.00. The molecule has 0 aromatic heterocycles. The lowest BCUT2D eigenvalue weighted by molar-refractivity contribution is 0.277. The molecule has 2 aliphatic rings. The van der Waals surface area contributed by atoms with Crippen LogP contribution >= 0.6 is 0 Å². The van der Waals surface area contributed by atoms with Crippen LogP contribution in [0.3, 0.4) is 0 Å². The van der Waals surface area contributed by atoms with Crippen LogP contribution in [0, 0.1) is 0 Å². The van der Waals surface area contributed by atoms with Gasteiger partial charge in [-0.2, -0.15) is 0 Å². The smallest absolute Gasteiger partial charge is 0.00218 e. The third-order valence-corrected chi connectivity index (χ3v) is 2.79. The van der Waals surface area contributed by atoms with Gasteiger partial charge in [0.1, 0.15) is 0 Å². The van der Waals surface area contributed by atoms with E-state index in [0.29, 0.717) is 0 Å². The van der Waals surface area contributed by atoms with E-state index >= 15 is 0 Å². The topological polar surface area (TPSA) is 15.3 Å². The summed E-state index contributed by atoms with van der Waals surface area (Å²) in [5, 5.41) is 3.28. The Balaban J connectivity index is 0. The molecule has 2 aliphatic heterocycles. The Labute approximate surface area is 110 Å². The molecule has 0 bridgehead atoms. The normalized spacial score (nSPS) is 19.6. The van der Waals surface area contributed by atoms with Crippen molar-refractivity contribution >= 4 is 0 Å². The minimum absolute atomic E-state index is 1.25. The molecule has 0 radical (unpaired) electrons. The van der Waals surface area contributed by atoms with E-state index < -0.39 is 0 Å². The Bertz CT molecular complexity index is 94.0. The number of rotatable bonds is 0. The molecule has 2 saturated heterocycles. The van der Waals surface area contributed by atoms with E-state index in [9.17, 15) is 0 Å². The minimum Gasteiger partial charge on any atom is -0.317 e. The summed E-state index contributed by atoms with van der Waals surface area (Å²) in [5.41, 5.74) is 0. The summed E-state index contributed by atoms with van der Waals surface area (Å²) in [6, 6.07) is 0. The highest BCUT2D eigenvalue weighted by molar-refractivity contribution is 4.58. The quantitative estimate of drug-likeness (QED) is 0.695. The highest BCUT2D eigenvalue weighted by Crippen LogP contribution is 2.04. The second-order valence-corrected chi connectivity index (χ2v) is 4.17. The van der Waals surface area contributed by atoms with Crippen molar-refractivity contribution in [1.29, 1.82) is 0 Å². The molecule has 0 amide bonds. The van der Waals surface area contributed by atoms with E-state index in [-0.39, 0.29) is 0 Å². The minimum atomic E-state index is 1.25. The molecule has 0 atom stereocenters. The maximum Gasteiger partial charge on any atom is -0.00218 e. The predicted molar refractivity (Wildman–Crippen MR) is 80.8 cm³/mol. The fourth-order valence-electron chi connectivity index (χ4n) is 1.85. The lowest BCUT2D eigenvalue weighted by atomic mass is 10.1. The average Bonchev–Trinajstić information content (AvgIpc) is 2.47. The Morgan fingerprint density at radius 3 is 1.24 bits per heavy atom. The molecule has 2 heteroatoms. The van der Waals surface area contributed by atoms with E-state index in [0.717, 1.165) is 0 Å². The van der Waals surface area contributed by atoms with Gasteiger partial charge in [-0.3, -0.25) is 0 Å². The molecule has 17 heavy (non-hydrogen) atoms. The Morgan fingerprint density at radius 1 is 0.647 bits per heavy atom. The van der Waals surface area contributed by atoms with Gasteiger partial charge in [-0.05, 0) is 58.9 Å². The third-order valence-electron chi connectivity index (χ3n) is 2.79. The largest absolute Gasteiger partial charge is 0.317 e. The van der Waals surface area contributed by atoms with Crippen LogP contribution in [0.1, 0.15) is 66.2 Å². The van der Waals surface area contributed by atoms with E-state index in [1.165, 1.54) is 64.7 Å². The van der Waals surface area contributed by atoms with Crippen molar-refractivity contribution in [2.45, 2.75) is 66.2 Å². The van der Waals surface area contributed by atoms with Crippen molar-refractivity contribution in [3.8, 4) is 0 Å². The number of hydrogen-bond donors (Lipinski definition) is 1. The van der Waals surface area contributed by atoms with Gasteiger partial charge < -0.3 is 10.2 Å². The summed E-state index contributed by atoms with van der Waals surface area (Å²) >= 11 is 0. The van der Waals surface area contributed by atoms with Crippen molar-refractivity contribution in [2.75, 3.05) is 33.2 Å². The number of hydrogen-bond acceptors (Lipinski definition) is 2.